The first kappa shape index (κ1) is 53.2. The molecule has 4 atom stereocenters. The number of hydrogen-bond acceptors (Lipinski definition) is 7. The highest BCUT2D eigenvalue weighted by atomic mass is 31.2. The molecule has 0 aliphatic carbocycles. The minimum atomic E-state index is -4.38. The molecule has 0 bridgehead atoms. The van der Waals surface area contributed by atoms with Gasteiger partial charge in [-0.25, -0.2) is 4.57 Å². The van der Waals surface area contributed by atoms with Crippen molar-refractivity contribution in [2.24, 2.45) is 5.73 Å². The van der Waals surface area contributed by atoms with Gasteiger partial charge in [-0.05, 0) is 38.5 Å². The number of hydrogen-bond donors (Lipinski definition) is 5. The van der Waals surface area contributed by atoms with E-state index in [1.807, 2.05) is 0 Å². The second-order valence-corrected chi connectivity index (χ2v) is 17.3. The topological polar surface area (TPSA) is 151 Å². The van der Waals surface area contributed by atoms with E-state index in [0.717, 1.165) is 51.4 Å². The SMILES string of the molecule is CCCCCCCCC/C=C\CCCCCC(O)CC(=O)NC(COP(=O)(O)OCCN)C(O)CCCCCCCCCCCCCCCCCCCC. The molecule has 6 N–H and O–H groups in total. The molecule has 0 fully saturated rings. The summed E-state index contributed by atoms with van der Waals surface area (Å²) in [6, 6.07) is -0.898. The molecular weight excluding hydrogens is 699 g/mol. The van der Waals surface area contributed by atoms with Crippen LogP contribution in [0.1, 0.15) is 226 Å². The fourth-order valence-electron chi connectivity index (χ4n) is 6.94. The molecule has 0 aliphatic heterocycles. The Morgan fingerprint density at radius 2 is 1.00 bits per heavy atom. The number of amides is 1. The quantitative estimate of drug-likeness (QED) is 0.0233. The van der Waals surface area contributed by atoms with E-state index in [0.29, 0.717) is 12.8 Å². The highest BCUT2D eigenvalue weighted by Crippen LogP contribution is 2.43. The van der Waals surface area contributed by atoms with Gasteiger partial charge in [0, 0.05) is 6.54 Å². The molecule has 0 aromatic heterocycles. The van der Waals surface area contributed by atoms with E-state index in [2.05, 4.69) is 31.3 Å². The molecule has 0 saturated carbocycles. The number of rotatable bonds is 43. The molecule has 0 saturated heterocycles. The average molecular weight is 789 g/mol. The highest BCUT2D eigenvalue weighted by molar-refractivity contribution is 7.47. The van der Waals surface area contributed by atoms with Gasteiger partial charge in [-0.3, -0.25) is 13.8 Å². The first-order chi connectivity index (χ1) is 26.3. The van der Waals surface area contributed by atoms with Gasteiger partial charge in [-0.15, -0.1) is 0 Å². The lowest BCUT2D eigenvalue weighted by Crippen LogP contribution is -2.47. The summed E-state index contributed by atoms with van der Waals surface area (Å²) in [5.41, 5.74) is 5.37. The van der Waals surface area contributed by atoms with Crippen LogP contribution in [-0.4, -0.2) is 59.0 Å². The van der Waals surface area contributed by atoms with Gasteiger partial charge in [0.05, 0.1) is 37.9 Å². The lowest BCUT2D eigenvalue weighted by molar-refractivity contribution is -0.125. The summed E-state index contributed by atoms with van der Waals surface area (Å²) < 4.78 is 22.2. The van der Waals surface area contributed by atoms with Gasteiger partial charge < -0.3 is 26.2 Å². The number of phosphoric ester groups is 1. The van der Waals surface area contributed by atoms with Gasteiger partial charge in [0.25, 0.3) is 0 Å². The zero-order valence-corrected chi connectivity index (χ0v) is 36.2. The van der Waals surface area contributed by atoms with Crippen LogP contribution in [0.4, 0.5) is 0 Å². The molecule has 0 rings (SSSR count). The van der Waals surface area contributed by atoms with Gasteiger partial charge in [-0.1, -0.05) is 193 Å². The molecule has 0 radical (unpaired) electrons. The number of unbranched alkanes of at least 4 members (excludes halogenated alkanes) is 27. The summed E-state index contributed by atoms with van der Waals surface area (Å²) in [4.78, 5) is 22.8. The van der Waals surface area contributed by atoms with E-state index in [1.165, 1.54) is 141 Å². The predicted molar refractivity (Wildman–Crippen MR) is 228 cm³/mol. The number of nitrogens with one attached hydrogen (secondary N) is 1. The van der Waals surface area contributed by atoms with Gasteiger partial charge in [0.15, 0.2) is 0 Å². The van der Waals surface area contributed by atoms with Crippen LogP contribution in [0.3, 0.4) is 0 Å². The largest absolute Gasteiger partial charge is 0.472 e. The zero-order chi connectivity index (χ0) is 39.8. The Hall–Kier alpha value is -0.800. The van der Waals surface area contributed by atoms with Crippen LogP contribution in [0.5, 0.6) is 0 Å². The van der Waals surface area contributed by atoms with E-state index in [9.17, 15) is 24.5 Å². The molecule has 0 aliphatic rings. The summed E-state index contributed by atoms with van der Waals surface area (Å²) in [6.45, 7) is 4.05. The van der Waals surface area contributed by atoms with Crippen molar-refractivity contribution in [1.29, 1.82) is 0 Å². The number of allylic oxidation sites excluding steroid dienone is 2. The molecular formula is C44H89N2O7P. The van der Waals surface area contributed by atoms with Crippen LogP contribution >= 0.6 is 7.82 Å². The maximum absolute atomic E-state index is 12.8. The Balaban J connectivity index is 4.24. The van der Waals surface area contributed by atoms with Crippen LogP contribution < -0.4 is 11.1 Å². The van der Waals surface area contributed by atoms with Crippen LogP contribution in [0.2, 0.25) is 0 Å². The standard InChI is InChI=1S/C44H89N2O7P/c1-3-5-7-9-11-13-15-17-19-20-21-22-24-26-28-30-32-34-36-43(48)42(40-53-54(50,51)52-38-37-45)46-44(49)39-41(47)35-33-31-29-27-25-23-18-16-14-12-10-8-6-4-2/h23,25,41-43,47-48H,3-22,24,26-40,45H2,1-2H3,(H,46,49)(H,50,51)/b25-23-. The Bertz CT molecular complexity index is 878. The average Bonchev–Trinajstić information content (AvgIpc) is 3.15. The number of aliphatic hydroxyl groups excluding tert-OH is 2. The highest BCUT2D eigenvalue weighted by Gasteiger charge is 2.28. The molecule has 9 nitrogen and oxygen atoms in total. The van der Waals surface area contributed by atoms with Crippen molar-refractivity contribution in [2.45, 2.75) is 244 Å². The van der Waals surface area contributed by atoms with Gasteiger partial charge >= 0.3 is 7.82 Å². The first-order valence-corrected chi connectivity index (χ1v) is 24.4. The van der Waals surface area contributed by atoms with Crippen LogP contribution in [0, 0.1) is 0 Å². The van der Waals surface area contributed by atoms with E-state index in [4.69, 9.17) is 14.8 Å². The number of nitrogens with two attached hydrogens (primary N) is 1. The normalized spacial score (nSPS) is 14.7. The Morgan fingerprint density at radius 3 is 1.44 bits per heavy atom. The van der Waals surface area contributed by atoms with E-state index >= 15 is 0 Å². The van der Waals surface area contributed by atoms with Crippen molar-refractivity contribution in [3.05, 3.63) is 12.2 Å². The molecule has 1 amide bonds. The van der Waals surface area contributed by atoms with Gasteiger partial charge in [-0.2, -0.15) is 0 Å². The van der Waals surface area contributed by atoms with Crippen molar-refractivity contribution in [3.8, 4) is 0 Å². The summed E-state index contributed by atoms with van der Waals surface area (Å²) in [5, 5.41) is 24.2. The van der Waals surface area contributed by atoms with Crippen LogP contribution in [0.15, 0.2) is 12.2 Å². The molecule has 0 aromatic rings. The van der Waals surface area contributed by atoms with Crippen molar-refractivity contribution in [1.82, 2.24) is 5.32 Å². The second kappa shape index (κ2) is 40.4. The lowest BCUT2D eigenvalue weighted by Gasteiger charge is -2.25. The number of phosphoric acid groups is 1. The monoisotopic (exact) mass is 789 g/mol. The van der Waals surface area contributed by atoms with Crippen molar-refractivity contribution in [3.63, 3.8) is 0 Å². The fourth-order valence-corrected chi connectivity index (χ4v) is 7.70. The molecule has 10 heteroatoms. The summed E-state index contributed by atoms with van der Waals surface area (Å²) >= 11 is 0. The summed E-state index contributed by atoms with van der Waals surface area (Å²) in [5.74, 6) is -0.420. The zero-order valence-electron chi connectivity index (χ0n) is 35.3. The molecule has 0 spiro atoms. The molecule has 322 valence electrons. The van der Waals surface area contributed by atoms with E-state index < -0.39 is 32.0 Å². The van der Waals surface area contributed by atoms with E-state index in [-0.39, 0.29) is 26.2 Å². The molecule has 54 heavy (non-hydrogen) atoms. The maximum Gasteiger partial charge on any atom is 0.472 e. The minimum absolute atomic E-state index is 0.0595. The first-order valence-electron chi connectivity index (χ1n) is 22.9. The Kier molecular flexibility index (Phi) is 39.8. The maximum atomic E-state index is 12.8. The van der Waals surface area contributed by atoms with E-state index in [1.54, 1.807) is 0 Å². The second-order valence-electron chi connectivity index (χ2n) is 15.8. The third-order valence-corrected chi connectivity index (χ3v) is 11.4. The Morgan fingerprint density at radius 1 is 0.611 bits per heavy atom. The number of carbonyl (C=O) groups excluding carboxylic acids is 1. The van der Waals surface area contributed by atoms with Crippen molar-refractivity contribution < 1.29 is 33.5 Å². The number of carbonyl (C=O) groups is 1. The van der Waals surface area contributed by atoms with Gasteiger partial charge in [0.2, 0.25) is 5.91 Å². The Labute approximate surface area is 333 Å². The third kappa shape index (κ3) is 38.1. The van der Waals surface area contributed by atoms with Crippen molar-refractivity contribution >= 4 is 13.7 Å². The smallest absolute Gasteiger partial charge is 0.393 e. The van der Waals surface area contributed by atoms with Gasteiger partial charge in [0.1, 0.15) is 0 Å². The summed E-state index contributed by atoms with van der Waals surface area (Å²) in [6.07, 6.45) is 41.1. The predicted octanol–water partition coefficient (Wildman–Crippen LogP) is 11.8. The van der Waals surface area contributed by atoms with Crippen molar-refractivity contribution in [2.75, 3.05) is 19.8 Å². The molecule has 0 heterocycles. The molecule has 4 unspecified atom stereocenters. The number of aliphatic hydroxyl groups is 2. The molecule has 0 aromatic carbocycles. The third-order valence-electron chi connectivity index (χ3n) is 10.4. The lowest BCUT2D eigenvalue weighted by atomic mass is 10.0. The van der Waals surface area contributed by atoms with Crippen LogP contribution in [0.25, 0.3) is 0 Å². The minimum Gasteiger partial charge on any atom is -0.393 e. The van der Waals surface area contributed by atoms with Crippen LogP contribution in [-0.2, 0) is 18.4 Å². The fraction of sp³-hybridized carbons (Fsp3) is 0.932. The summed E-state index contributed by atoms with van der Waals surface area (Å²) in [7, 11) is -4.38.